The van der Waals surface area contributed by atoms with E-state index < -0.39 is 24.0 Å². The Kier molecular flexibility index (Phi) is 4.02. The molecule has 2 aromatic rings. The van der Waals surface area contributed by atoms with Crippen molar-refractivity contribution in [1.29, 1.82) is 0 Å². The van der Waals surface area contributed by atoms with Crippen molar-refractivity contribution in [3.05, 3.63) is 23.3 Å². The molecule has 3 amide bonds. The lowest BCUT2D eigenvalue weighted by Crippen LogP contribution is -2.42. The van der Waals surface area contributed by atoms with Gasteiger partial charge < -0.3 is 10.5 Å². The number of hydrogen-bond donors (Lipinski definition) is 2. The molecule has 3 N–H and O–H groups in total. The predicted octanol–water partition coefficient (Wildman–Crippen LogP) is -0.519. The van der Waals surface area contributed by atoms with Crippen LogP contribution in [-0.4, -0.2) is 43.6 Å². The van der Waals surface area contributed by atoms with Gasteiger partial charge in [-0.05, 0) is 26.8 Å². The highest BCUT2D eigenvalue weighted by Crippen LogP contribution is 2.07. The monoisotopic (exact) mass is 306 g/mol. The number of carbonyl (C=O) groups excluding carboxylic acids is 3. The molecule has 0 spiro atoms. The van der Waals surface area contributed by atoms with Gasteiger partial charge in [-0.2, -0.15) is 4.98 Å². The number of aromatic nitrogens is 4. The van der Waals surface area contributed by atoms with E-state index in [-0.39, 0.29) is 11.6 Å². The minimum absolute atomic E-state index is 0.236. The molecule has 2 rings (SSSR count). The van der Waals surface area contributed by atoms with Crippen LogP contribution in [0.1, 0.15) is 28.9 Å². The molecule has 0 saturated heterocycles. The maximum atomic E-state index is 11.9. The molecule has 0 fully saturated rings. The third-order valence-electron chi connectivity index (χ3n) is 2.70. The number of urea groups is 1. The summed E-state index contributed by atoms with van der Waals surface area (Å²) in [6.07, 6.45) is -1.22. The first kappa shape index (κ1) is 15.4. The number of carbonyl (C=O) groups is 3. The molecule has 0 unspecified atom stereocenters. The van der Waals surface area contributed by atoms with E-state index in [1.165, 1.54) is 11.4 Å². The second-order valence-corrected chi connectivity index (χ2v) is 4.59. The van der Waals surface area contributed by atoms with Crippen LogP contribution in [0.2, 0.25) is 0 Å². The molecule has 0 aromatic carbocycles. The van der Waals surface area contributed by atoms with E-state index in [1.54, 1.807) is 25.2 Å². The molecular weight excluding hydrogens is 292 g/mol. The lowest BCUT2D eigenvalue weighted by Gasteiger charge is -2.10. The van der Waals surface area contributed by atoms with Gasteiger partial charge in [-0.3, -0.25) is 10.1 Å². The van der Waals surface area contributed by atoms with Crippen LogP contribution in [0.15, 0.2) is 6.07 Å². The van der Waals surface area contributed by atoms with Crippen LogP contribution in [0, 0.1) is 13.8 Å². The van der Waals surface area contributed by atoms with E-state index in [1.807, 2.05) is 0 Å². The molecule has 2 heterocycles. The van der Waals surface area contributed by atoms with Gasteiger partial charge in [0.1, 0.15) is 0 Å². The topological polar surface area (TPSA) is 142 Å². The summed E-state index contributed by atoms with van der Waals surface area (Å²) in [7, 11) is 0. The molecule has 0 radical (unpaired) electrons. The summed E-state index contributed by atoms with van der Waals surface area (Å²) in [5.41, 5.74) is 6.28. The predicted molar refractivity (Wildman–Crippen MR) is 72.9 cm³/mol. The van der Waals surface area contributed by atoms with Gasteiger partial charge >= 0.3 is 12.0 Å². The number of rotatable bonds is 3. The molecule has 2 aromatic heterocycles. The van der Waals surface area contributed by atoms with E-state index >= 15 is 0 Å². The van der Waals surface area contributed by atoms with Crippen LogP contribution < -0.4 is 11.1 Å². The Morgan fingerprint density at radius 2 is 2.00 bits per heavy atom. The standard InChI is InChI=1S/C12H14N6O4/c1-5-4-6(2)18-12(14-5)15-8(17-18)10(20)22-7(3)9(19)16-11(13)21/h4,7H,1-3H3,(H3,13,16,19,21)/t7-/m0/s1. The Morgan fingerprint density at radius 1 is 1.32 bits per heavy atom. The smallest absolute Gasteiger partial charge is 0.379 e. The van der Waals surface area contributed by atoms with Gasteiger partial charge in [0.25, 0.3) is 17.5 Å². The van der Waals surface area contributed by atoms with Crippen molar-refractivity contribution in [2.24, 2.45) is 5.73 Å². The minimum Gasteiger partial charge on any atom is -0.447 e. The summed E-state index contributed by atoms with van der Waals surface area (Å²) >= 11 is 0. The maximum absolute atomic E-state index is 11.9. The van der Waals surface area contributed by atoms with E-state index in [2.05, 4.69) is 15.1 Å². The lowest BCUT2D eigenvalue weighted by molar-refractivity contribution is -0.127. The average molecular weight is 306 g/mol. The Hall–Kier alpha value is -3.04. The van der Waals surface area contributed by atoms with Crippen molar-refractivity contribution in [3.8, 4) is 0 Å². The molecule has 10 heteroatoms. The number of hydrogen-bond acceptors (Lipinski definition) is 7. The molecule has 0 aliphatic heterocycles. The Morgan fingerprint density at radius 3 is 2.64 bits per heavy atom. The van der Waals surface area contributed by atoms with Gasteiger partial charge in [0.15, 0.2) is 6.10 Å². The molecule has 1 atom stereocenters. The quantitative estimate of drug-likeness (QED) is 0.726. The Balaban J connectivity index is 2.18. The van der Waals surface area contributed by atoms with E-state index in [0.717, 1.165) is 11.4 Å². The number of fused-ring (bicyclic) bond motifs is 1. The number of amides is 3. The first-order valence-electron chi connectivity index (χ1n) is 6.30. The molecular formula is C12H14N6O4. The number of primary amides is 1. The Labute approximate surface area is 124 Å². The van der Waals surface area contributed by atoms with Crippen LogP contribution >= 0.6 is 0 Å². The summed E-state index contributed by atoms with van der Waals surface area (Å²) in [5, 5.41) is 5.78. The number of ether oxygens (including phenoxy) is 1. The fourth-order valence-electron chi connectivity index (χ4n) is 1.74. The molecule has 0 aliphatic rings. The van der Waals surface area contributed by atoms with Crippen molar-refractivity contribution >= 4 is 23.7 Å². The first-order chi connectivity index (χ1) is 10.3. The summed E-state index contributed by atoms with van der Waals surface area (Å²) in [6, 6.07) is 0.744. The van der Waals surface area contributed by atoms with Gasteiger partial charge in [0.05, 0.1) is 0 Å². The zero-order chi connectivity index (χ0) is 16.4. The zero-order valence-corrected chi connectivity index (χ0v) is 12.2. The van der Waals surface area contributed by atoms with Crippen molar-refractivity contribution in [2.75, 3.05) is 0 Å². The van der Waals surface area contributed by atoms with Crippen LogP contribution in [0.5, 0.6) is 0 Å². The first-order valence-corrected chi connectivity index (χ1v) is 6.30. The number of aryl methyl sites for hydroxylation is 2. The van der Waals surface area contributed by atoms with E-state index in [9.17, 15) is 14.4 Å². The highest BCUT2D eigenvalue weighted by Gasteiger charge is 2.23. The SMILES string of the molecule is Cc1cc(C)n2nc(C(=O)O[C@@H](C)C(=O)NC(N)=O)nc2n1. The molecule has 22 heavy (non-hydrogen) atoms. The van der Waals surface area contributed by atoms with Crippen LogP contribution in [-0.2, 0) is 9.53 Å². The molecule has 116 valence electrons. The number of nitrogens with two attached hydrogens (primary N) is 1. The molecule has 0 bridgehead atoms. The normalized spacial score (nSPS) is 12.0. The second-order valence-electron chi connectivity index (χ2n) is 4.59. The van der Waals surface area contributed by atoms with Crippen molar-refractivity contribution in [2.45, 2.75) is 26.9 Å². The van der Waals surface area contributed by atoms with Gasteiger partial charge in [-0.1, -0.05) is 0 Å². The van der Waals surface area contributed by atoms with Crippen LogP contribution in [0.3, 0.4) is 0 Å². The van der Waals surface area contributed by atoms with Gasteiger partial charge in [-0.25, -0.2) is 19.1 Å². The highest BCUT2D eigenvalue weighted by molar-refractivity contribution is 5.97. The summed E-state index contributed by atoms with van der Waals surface area (Å²) < 4.78 is 6.26. The van der Waals surface area contributed by atoms with Crippen molar-refractivity contribution < 1.29 is 19.1 Å². The van der Waals surface area contributed by atoms with Crippen molar-refractivity contribution in [3.63, 3.8) is 0 Å². The second kappa shape index (κ2) is 5.76. The van der Waals surface area contributed by atoms with Crippen LogP contribution in [0.4, 0.5) is 4.79 Å². The number of imide groups is 1. The van der Waals surface area contributed by atoms with Crippen LogP contribution in [0.25, 0.3) is 5.78 Å². The number of nitrogens with one attached hydrogen (secondary N) is 1. The lowest BCUT2D eigenvalue weighted by atomic mass is 10.4. The van der Waals surface area contributed by atoms with Crippen molar-refractivity contribution in [1.82, 2.24) is 24.9 Å². The Bertz CT molecular complexity index is 768. The maximum Gasteiger partial charge on any atom is 0.379 e. The molecule has 0 aliphatic carbocycles. The largest absolute Gasteiger partial charge is 0.447 e. The summed E-state index contributed by atoms with van der Waals surface area (Å²) in [5.74, 6) is -1.73. The highest BCUT2D eigenvalue weighted by atomic mass is 16.5. The average Bonchev–Trinajstić information content (AvgIpc) is 2.81. The van der Waals surface area contributed by atoms with E-state index in [0.29, 0.717) is 0 Å². The third kappa shape index (κ3) is 3.16. The fourth-order valence-corrected chi connectivity index (χ4v) is 1.74. The summed E-state index contributed by atoms with van der Waals surface area (Å²) in [4.78, 5) is 42.0. The van der Waals surface area contributed by atoms with Gasteiger partial charge in [0, 0.05) is 11.4 Å². The number of nitrogens with zero attached hydrogens (tertiary/aromatic N) is 4. The van der Waals surface area contributed by atoms with Gasteiger partial charge in [-0.15, -0.1) is 5.10 Å². The zero-order valence-electron chi connectivity index (χ0n) is 12.2. The molecule has 0 saturated carbocycles. The minimum atomic E-state index is -1.22. The van der Waals surface area contributed by atoms with E-state index in [4.69, 9.17) is 10.5 Å². The fraction of sp³-hybridized carbons (Fsp3) is 0.333. The summed E-state index contributed by atoms with van der Waals surface area (Å²) in [6.45, 7) is 4.87. The third-order valence-corrected chi connectivity index (χ3v) is 2.70. The van der Waals surface area contributed by atoms with Gasteiger partial charge in [0.2, 0.25) is 0 Å². The number of esters is 1. The molecule has 10 nitrogen and oxygen atoms in total.